The van der Waals surface area contributed by atoms with Crippen LogP contribution in [-0.4, -0.2) is 53.5 Å². The predicted octanol–water partition coefficient (Wildman–Crippen LogP) is 2.57. The van der Waals surface area contributed by atoms with Crippen molar-refractivity contribution in [3.05, 3.63) is 51.0 Å². The molecule has 1 heterocycles. The molecule has 176 valence electrons. The summed E-state index contributed by atoms with van der Waals surface area (Å²) in [7, 11) is 0. The second-order valence-corrected chi connectivity index (χ2v) is 8.41. The smallest absolute Gasteiger partial charge is 0.284 e. The molecule has 33 heavy (non-hydrogen) atoms. The third kappa shape index (κ3) is 6.93. The molecule has 2 aromatic rings. The molecule has 9 nitrogen and oxygen atoms in total. The van der Waals surface area contributed by atoms with E-state index in [1.54, 1.807) is 0 Å². The van der Waals surface area contributed by atoms with Crippen LogP contribution >= 0.6 is 27.5 Å². The third-order valence-electron chi connectivity index (χ3n) is 4.42. The van der Waals surface area contributed by atoms with Gasteiger partial charge in [0, 0.05) is 34.4 Å². The molecule has 0 spiro atoms. The summed E-state index contributed by atoms with van der Waals surface area (Å²) in [4.78, 5) is 28.2. The monoisotopic (exact) mass is 545 g/mol. The van der Waals surface area contributed by atoms with Crippen molar-refractivity contribution in [1.82, 2.24) is 16.0 Å². The molecule has 0 radical (unpaired) electrons. The largest absolute Gasteiger partial charge is 0.508 e. The van der Waals surface area contributed by atoms with E-state index in [1.807, 2.05) is 0 Å². The van der Waals surface area contributed by atoms with Crippen LogP contribution in [0.5, 0.6) is 11.5 Å². The number of rotatable bonds is 6. The lowest BCUT2D eigenvalue weighted by molar-refractivity contribution is -0.120. The predicted molar refractivity (Wildman–Crippen MR) is 122 cm³/mol. The molecule has 0 bridgehead atoms. The molecule has 2 aromatic carbocycles. The maximum Gasteiger partial charge on any atom is 0.284 e. The lowest BCUT2D eigenvalue weighted by Crippen LogP contribution is -2.46. The number of guanidine groups is 1. The maximum absolute atomic E-state index is 13.2. The Hall–Kier alpha value is -3.12. The highest BCUT2D eigenvalue weighted by atomic mass is 79.9. The van der Waals surface area contributed by atoms with Crippen LogP contribution in [0.2, 0.25) is 5.02 Å². The lowest BCUT2D eigenvalue weighted by Gasteiger charge is -2.23. The van der Waals surface area contributed by atoms with E-state index < -0.39 is 30.8 Å². The number of aliphatic imine (C=N–C) groups is 1. The van der Waals surface area contributed by atoms with Crippen LogP contribution in [0.4, 0.5) is 14.5 Å². The van der Waals surface area contributed by atoms with Crippen molar-refractivity contribution in [2.75, 3.05) is 25.0 Å². The molecule has 0 atom stereocenters. The molecule has 2 amide bonds. The van der Waals surface area contributed by atoms with E-state index in [-0.39, 0.29) is 41.8 Å². The summed E-state index contributed by atoms with van der Waals surface area (Å²) in [6.07, 6.45) is 0. The number of hydrogen-bond donors (Lipinski definition) is 6. The van der Waals surface area contributed by atoms with Crippen molar-refractivity contribution in [3.8, 4) is 11.5 Å². The second kappa shape index (κ2) is 10.2. The van der Waals surface area contributed by atoms with Gasteiger partial charge in [-0.25, -0.2) is 13.8 Å². The molecule has 0 saturated heterocycles. The normalized spacial score (nSPS) is 14.6. The average Bonchev–Trinajstić information content (AvgIpc) is 2.74. The second-order valence-electron chi connectivity index (χ2n) is 7.12. The van der Waals surface area contributed by atoms with Crippen molar-refractivity contribution >= 4 is 51.0 Å². The van der Waals surface area contributed by atoms with Crippen molar-refractivity contribution in [3.63, 3.8) is 0 Å². The zero-order valence-electron chi connectivity index (χ0n) is 16.9. The first-order valence-electron chi connectivity index (χ1n) is 9.51. The summed E-state index contributed by atoms with van der Waals surface area (Å²) in [5, 5.41) is 30.4. The lowest BCUT2D eigenvalue weighted by atomic mass is 10.1. The van der Waals surface area contributed by atoms with Gasteiger partial charge in [-0.2, -0.15) is 0 Å². The van der Waals surface area contributed by atoms with Crippen LogP contribution in [0, 0.1) is 0 Å². The molecule has 0 fully saturated rings. The molecule has 0 aliphatic carbocycles. The SMILES string of the molecule is O=C(CNC(=O)c1cc(O)cc(NC2=NCC(F)(F)CN2)c1)NCc1cc(Cl)cc(Br)c1O. The fourth-order valence-corrected chi connectivity index (χ4v) is 3.70. The molecule has 13 heteroatoms. The fraction of sp³-hybridized carbons (Fsp3) is 0.250. The Morgan fingerprint density at radius 1 is 1.18 bits per heavy atom. The van der Waals surface area contributed by atoms with E-state index in [0.717, 1.165) is 0 Å². The number of benzene rings is 2. The number of nitrogens with zero attached hydrogens (tertiary/aromatic N) is 1. The first kappa shape index (κ1) is 24.5. The van der Waals surface area contributed by atoms with E-state index in [4.69, 9.17) is 11.6 Å². The van der Waals surface area contributed by atoms with Gasteiger partial charge in [-0.3, -0.25) is 9.59 Å². The molecular formula is C20H19BrClF2N5O4. The Labute approximate surface area is 200 Å². The number of alkyl halides is 2. The summed E-state index contributed by atoms with van der Waals surface area (Å²) >= 11 is 9.08. The number of amides is 2. The minimum Gasteiger partial charge on any atom is -0.508 e. The van der Waals surface area contributed by atoms with Crippen LogP contribution < -0.4 is 21.3 Å². The first-order chi connectivity index (χ1) is 15.5. The van der Waals surface area contributed by atoms with Crippen LogP contribution in [0.3, 0.4) is 0 Å². The van der Waals surface area contributed by atoms with Crippen LogP contribution in [0.15, 0.2) is 39.8 Å². The average molecular weight is 547 g/mol. The number of nitrogens with one attached hydrogen (secondary N) is 4. The molecular weight excluding hydrogens is 528 g/mol. The van der Waals surface area contributed by atoms with Gasteiger partial charge in [0.1, 0.15) is 18.0 Å². The summed E-state index contributed by atoms with van der Waals surface area (Å²) in [5.74, 6) is -4.37. The fourth-order valence-electron chi connectivity index (χ4n) is 2.83. The maximum atomic E-state index is 13.2. The van der Waals surface area contributed by atoms with Crippen LogP contribution in [0.25, 0.3) is 0 Å². The molecule has 0 unspecified atom stereocenters. The van der Waals surface area contributed by atoms with E-state index in [1.165, 1.54) is 30.3 Å². The van der Waals surface area contributed by atoms with Crippen LogP contribution in [-0.2, 0) is 11.3 Å². The Morgan fingerprint density at radius 3 is 2.64 bits per heavy atom. The highest BCUT2D eigenvalue weighted by molar-refractivity contribution is 9.10. The van der Waals surface area contributed by atoms with Crippen molar-refractivity contribution in [2.24, 2.45) is 4.99 Å². The molecule has 6 N–H and O–H groups in total. The standard InChI is InChI=1S/C20H19BrClF2N5O4/c21-15-4-12(22)1-11(17(15)32)6-25-16(31)7-26-18(33)10-2-13(5-14(30)3-10)29-19-27-8-20(23,24)9-28-19/h1-5,30,32H,6-9H2,(H,25,31)(H,26,33)(H2,27,28,29). The quantitative estimate of drug-likeness (QED) is 0.330. The zero-order valence-corrected chi connectivity index (χ0v) is 19.2. The molecule has 1 aliphatic rings. The topological polar surface area (TPSA) is 135 Å². The highest BCUT2D eigenvalue weighted by Gasteiger charge is 2.32. The highest BCUT2D eigenvalue weighted by Crippen LogP contribution is 2.31. The molecule has 0 aromatic heterocycles. The minimum absolute atomic E-state index is 0.0198. The van der Waals surface area contributed by atoms with Crippen molar-refractivity contribution < 1.29 is 28.6 Å². The van der Waals surface area contributed by atoms with E-state index in [0.29, 0.717) is 15.1 Å². The van der Waals surface area contributed by atoms with Gasteiger partial charge < -0.3 is 31.5 Å². The van der Waals surface area contributed by atoms with Gasteiger partial charge in [0.15, 0.2) is 5.96 Å². The number of anilines is 1. The third-order valence-corrected chi connectivity index (χ3v) is 5.24. The summed E-state index contributed by atoms with van der Waals surface area (Å²) in [6, 6.07) is 6.84. The van der Waals surface area contributed by atoms with E-state index >= 15 is 0 Å². The molecule has 0 saturated carbocycles. The van der Waals surface area contributed by atoms with Crippen molar-refractivity contribution in [2.45, 2.75) is 12.5 Å². The summed E-state index contributed by atoms with van der Waals surface area (Å²) in [5.41, 5.74) is 0.654. The number of aromatic hydroxyl groups is 2. The van der Waals surface area contributed by atoms with Gasteiger partial charge in [0.2, 0.25) is 5.91 Å². The number of phenols is 2. The summed E-state index contributed by atoms with van der Waals surface area (Å²) < 4.78 is 26.7. The number of phenolic OH excluding ortho intramolecular Hbond substituents is 2. The Morgan fingerprint density at radius 2 is 1.94 bits per heavy atom. The van der Waals surface area contributed by atoms with Gasteiger partial charge in [0.25, 0.3) is 11.8 Å². The number of carbonyl (C=O) groups is 2. The number of halogens is 4. The zero-order chi connectivity index (χ0) is 24.2. The minimum atomic E-state index is -2.95. The van der Waals surface area contributed by atoms with Gasteiger partial charge in [0.05, 0.1) is 17.6 Å². The van der Waals surface area contributed by atoms with E-state index in [9.17, 15) is 28.6 Å². The van der Waals surface area contributed by atoms with Gasteiger partial charge in [-0.05, 0) is 40.2 Å². The van der Waals surface area contributed by atoms with Gasteiger partial charge in [-0.15, -0.1) is 0 Å². The molecule has 3 rings (SSSR count). The molecule has 1 aliphatic heterocycles. The van der Waals surface area contributed by atoms with Gasteiger partial charge in [-0.1, -0.05) is 11.6 Å². The number of hydrogen-bond acceptors (Lipinski definition) is 7. The van der Waals surface area contributed by atoms with E-state index in [2.05, 4.69) is 42.2 Å². The van der Waals surface area contributed by atoms with Crippen molar-refractivity contribution in [1.29, 1.82) is 0 Å². The summed E-state index contributed by atoms with van der Waals surface area (Å²) in [6.45, 7) is -1.67. The first-order valence-corrected chi connectivity index (χ1v) is 10.7. The van der Waals surface area contributed by atoms with Gasteiger partial charge >= 0.3 is 0 Å². The Balaban J connectivity index is 1.56. The van der Waals surface area contributed by atoms with Crippen LogP contribution in [0.1, 0.15) is 15.9 Å². The Kier molecular flexibility index (Phi) is 7.59. The number of carbonyl (C=O) groups excluding carboxylic acids is 2. The Bertz CT molecular complexity index is 1120.